The van der Waals surface area contributed by atoms with Crippen LogP contribution in [0.15, 0.2) is 46.9 Å². The van der Waals surface area contributed by atoms with Gasteiger partial charge in [-0.1, -0.05) is 45.8 Å². The lowest BCUT2D eigenvalue weighted by Crippen LogP contribution is -2.18. The van der Waals surface area contributed by atoms with Crippen LogP contribution in [0.4, 0.5) is 18.9 Å². The molecular formula is C15H13BrF3NO. The lowest BCUT2D eigenvalue weighted by molar-refractivity contribution is -0.274. The van der Waals surface area contributed by atoms with E-state index in [0.29, 0.717) is 11.0 Å². The van der Waals surface area contributed by atoms with Crippen LogP contribution in [-0.4, -0.2) is 6.36 Å². The summed E-state index contributed by atoms with van der Waals surface area (Å²) in [5.74, 6) is -0.260. The molecule has 2 rings (SSSR count). The number of hydrogen-bond acceptors (Lipinski definition) is 2. The van der Waals surface area contributed by atoms with Gasteiger partial charge in [-0.15, -0.1) is 13.2 Å². The van der Waals surface area contributed by atoms with Gasteiger partial charge in [-0.25, -0.2) is 0 Å². The number of ether oxygens (including phenoxy) is 1. The van der Waals surface area contributed by atoms with Crippen molar-refractivity contribution in [1.29, 1.82) is 0 Å². The fourth-order valence-corrected chi connectivity index (χ4v) is 2.09. The summed E-state index contributed by atoms with van der Waals surface area (Å²) in [6, 6.07) is 12.2. The summed E-state index contributed by atoms with van der Waals surface area (Å²) in [5.41, 5.74) is 2.39. The molecule has 2 aromatic carbocycles. The van der Waals surface area contributed by atoms with Crippen LogP contribution in [0.3, 0.4) is 0 Å². The van der Waals surface area contributed by atoms with Gasteiger partial charge in [0, 0.05) is 11.0 Å². The van der Waals surface area contributed by atoms with Crippen molar-refractivity contribution in [3.63, 3.8) is 0 Å². The maximum atomic E-state index is 12.4. The number of rotatable bonds is 4. The summed E-state index contributed by atoms with van der Waals surface area (Å²) in [7, 11) is 0. The van der Waals surface area contributed by atoms with Crippen molar-refractivity contribution in [2.75, 3.05) is 5.32 Å². The second-order valence-electron chi connectivity index (χ2n) is 4.53. The smallest absolute Gasteiger partial charge is 0.404 e. The Morgan fingerprint density at radius 1 is 1.10 bits per heavy atom. The van der Waals surface area contributed by atoms with Crippen molar-refractivity contribution in [2.45, 2.75) is 19.8 Å². The molecule has 0 aliphatic heterocycles. The van der Waals surface area contributed by atoms with Gasteiger partial charge >= 0.3 is 6.36 Å². The van der Waals surface area contributed by atoms with E-state index in [1.807, 2.05) is 31.2 Å². The molecule has 0 aromatic heterocycles. The standard InChI is InChI=1S/C15H13BrF3NO/c1-10-2-4-11(5-3-10)9-20-13-7-6-12(16)8-14(13)21-15(17,18)19/h2-8,20H,9H2,1H3. The van der Waals surface area contributed by atoms with E-state index in [1.54, 1.807) is 12.1 Å². The second kappa shape index (κ2) is 6.39. The minimum atomic E-state index is -4.72. The predicted molar refractivity (Wildman–Crippen MR) is 79.3 cm³/mol. The lowest BCUT2D eigenvalue weighted by Gasteiger charge is -2.15. The van der Waals surface area contributed by atoms with Crippen LogP contribution in [0.2, 0.25) is 0 Å². The van der Waals surface area contributed by atoms with Crippen LogP contribution in [0.25, 0.3) is 0 Å². The molecule has 0 saturated heterocycles. The normalized spacial score (nSPS) is 11.3. The van der Waals surface area contributed by atoms with Crippen molar-refractivity contribution in [1.82, 2.24) is 0 Å². The average Bonchev–Trinajstić information content (AvgIpc) is 2.38. The zero-order valence-electron chi connectivity index (χ0n) is 11.2. The largest absolute Gasteiger partial charge is 0.573 e. The van der Waals surface area contributed by atoms with E-state index >= 15 is 0 Å². The Labute approximate surface area is 129 Å². The molecule has 0 fully saturated rings. The SMILES string of the molecule is Cc1ccc(CNc2ccc(Br)cc2OC(F)(F)F)cc1. The first-order chi connectivity index (χ1) is 9.83. The van der Waals surface area contributed by atoms with Gasteiger partial charge in [-0.2, -0.15) is 0 Å². The molecule has 2 nitrogen and oxygen atoms in total. The predicted octanol–water partition coefficient (Wildman–Crippen LogP) is 5.27. The van der Waals surface area contributed by atoms with Crippen molar-refractivity contribution in [2.24, 2.45) is 0 Å². The zero-order chi connectivity index (χ0) is 15.5. The third-order valence-corrected chi connectivity index (χ3v) is 3.27. The van der Waals surface area contributed by atoms with E-state index < -0.39 is 6.36 Å². The lowest BCUT2D eigenvalue weighted by atomic mass is 10.1. The van der Waals surface area contributed by atoms with Crippen LogP contribution in [0, 0.1) is 6.92 Å². The van der Waals surface area contributed by atoms with Crippen molar-refractivity contribution in [3.8, 4) is 5.75 Å². The maximum absolute atomic E-state index is 12.4. The topological polar surface area (TPSA) is 21.3 Å². The minimum absolute atomic E-state index is 0.260. The van der Waals surface area contributed by atoms with Gasteiger partial charge in [0.05, 0.1) is 5.69 Å². The Morgan fingerprint density at radius 3 is 2.38 bits per heavy atom. The van der Waals surface area contributed by atoms with Crippen LogP contribution in [0.5, 0.6) is 5.75 Å². The summed E-state index contributed by atoms with van der Waals surface area (Å²) in [5, 5.41) is 2.95. The Bertz CT molecular complexity index is 611. The van der Waals surface area contributed by atoms with Gasteiger partial charge in [0.1, 0.15) is 0 Å². The first kappa shape index (κ1) is 15.7. The van der Waals surface area contributed by atoms with Gasteiger partial charge in [0.15, 0.2) is 5.75 Å². The van der Waals surface area contributed by atoms with Crippen molar-refractivity contribution in [3.05, 3.63) is 58.1 Å². The Balaban J connectivity index is 2.13. The molecule has 0 radical (unpaired) electrons. The maximum Gasteiger partial charge on any atom is 0.573 e. The highest BCUT2D eigenvalue weighted by molar-refractivity contribution is 9.10. The molecular weight excluding hydrogens is 347 g/mol. The molecule has 21 heavy (non-hydrogen) atoms. The van der Waals surface area contributed by atoms with E-state index in [2.05, 4.69) is 26.0 Å². The molecule has 0 bridgehead atoms. The molecule has 0 aliphatic rings. The summed E-state index contributed by atoms with van der Waals surface area (Å²) >= 11 is 3.13. The van der Waals surface area contributed by atoms with Gasteiger partial charge in [-0.3, -0.25) is 0 Å². The molecule has 0 aliphatic carbocycles. The highest BCUT2D eigenvalue weighted by atomic mass is 79.9. The Kier molecular flexibility index (Phi) is 4.77. The summed E-state index contributed by atoms with van der Waals surface area (Å²) in [6.45, 7) is 2.39. The van der Waals surface area contributed by atoms with Gasteiger partial charge in [-0.05, 0) is 30.7 Å². The summed E-state index contributed by atoms with van der Waals surface area (Å²) in [4.78, 5) is 0. The van der Waals surface area contributed by atoms with Crippen LogP contribution >= 0.6 is 15.9 Å². The molecule has 112 valence electrons. The van der Waals surface area contributed by atoms with E-state index in [-0.39, 0.29) is 11.4 Å². The molecule has 0 atom stereocenters. The summed E-state index contributed by atoms with van der Waals surface area (Å²) < 4.78 is 41.7. The summed E-state index contributed by atoms with van der Waals surface area (Å²) in [6.07, 6.45) is -4.72. The van der Waals surface area contributed by atoms with Crippen molar-refractivity contribution < 1.29 is 17.9 Å². The molecule has 0 heterocycles. The van der Waals surface area contributed by atoms with Crippen LogP contribution in [-0.2, 0) is 6.54 Å². The van der Waals surface area contributed by atoms with Gasteiger partial charge < -0.3 is 10.1 Å². The molecule has 1 N–H and O–H groups in total. The molecule has 6 heteroatoms. The van der Waals surface area contributed by atoms with Crippen LogP contribution in [0.1, 0.15) is 11.1 Å². The average molecular weight is 360 g/mol. The zero-order valence-corrected chi connectivity index (χ0v) is 12.8. The molecule has 0 saturated carbocycles. The van der Waals surface area contributed by atoms with E-state index in [1.165, 1.54) is 6.07 Å². The number of aryl methyl sites for hydroxylation is 1. The molecule has 0 unspecified atom stereocenters. The minimum Gasteiger partial charge on any atom is -0.404 e. The number of benzene rings is 2. The second-order valence-corrected chi connectivity index (χ2v) is 5.44. The fraction of sp³-hybridized carbons (Fsp3) is 0.200. The number of nitrogens with one attached hydrogen (secondary N) is 1. The van der Waals surface area contributed by atoms with E-state index in [4.69, 9.17) is 0 Å². The number of alkyl halides is 3. The third kappa shape index (κ3) is 4.97. The first-order valence-corrected chi connectivity index (χ1v) is 6.97. The Hall–Kier alpha value is -1.69. The number of halogens is 4. The highest BCUT2D eigenvalue weighted by Gasteiger charge is 2.32. The molecule has 0 spiro atoms. The fourth-order valence-electron chi connectivity index (χ4n) is 1.75. The van der Waals surface area contributed by atoms with Crippen LogP contribution < -0.4 is 10.1 Å². The quantitative estimate of drug-likeness (QED) is 0.802. The number of hydrogen-bond donors (Lipinski definition) is 1. The third-order valence-electron chi connectivity index (χ3n) is 2.77. The van der Waals surface area contributed by atoms with Gasteiger partial charge in [0.25, 0.3) is 0 Å². The highest BCUT2D eigenvalue weighted by Crippen LogP contribution is 2.33. The monoisotopic (exact) mass is 359 g/mol. The van der Waals surface area contributed by atoms with E-state index in [9.17, 15) is 13.2 Å². The van der Waals surface area contributed by atoms with Gasteiger partial charge in [0.2, 0.25) is 0 Å². The Morgan fingerprint density at radius 2 is 1.76 bits per heavy atom. The number of anilines is 1. The first-order valence-electron chi connectivity index (χ1n) is 6.18. The molecule has 0 amide bonds. The van der Waals surface area contributed by atoms with Crippen molar-refractivity contribution >= 4 is 21.6 Å². The van der Waals surface area contributed by atoms with E-state index in [0.717, 1.165) is 11.1 Å². The molecule has 2 aromatic rings.